The van der Waals surface area contributed by atoms with Crippen LogP contribution in [0.5, 0.6) is 0 Å². The van der Waals surface area contributed by atoms with Gasteiger partial charge in [0, 0.05) is 25.2 Å². The van der Waals surface area contributed by atoms with Crippen LogP contribution in [0.2, 0.25) is 0 Å². The average molecular weight is 303 g/mol. The molecule has 1 aliphatic rings. The standard InChI is InChI=1S/C15H17N3O4/c1-11-4-7-17(8-5-11)14-3-2-12(18(20)21)10-13(14)15(19)22-9-6-16/h2-3,10-11H,4-5,7-9H2,1H3. The highest BCUT2D eigenvalue weighted by molar-refractivity contribution is 5.96. The van der Waals surface area contributed by atoms with Crippen LogP contribution in [0.15, 0.2) is 18.2 Å². The van der Waals surface area contributed by atoms with Crippen molar-refractivity contribution in [1.82, 2.24) is 0 Å². The van der Waals surface area contributed by atoms with E-state index in [0.717, 1.165) is 25.9 Å². The van der Waals surface area contributed by atoms with E-state index in [1.807, 2.05) is 4.90 Å². The number of anilines is 1. The van der Waals surface area contributed by atoms with Crippen LogP contribution in [0, 0.1) is 27.4 Å². The number of carbonyl (C=O) groups is 1. The lowest BCUT2D eigenvalue weighted by Crippen LogP contribution is -2.34. The van der Waals surface area contributed by atoms with E-state index in [9.17, 15) is 14.9 Å². The molecule has 1 aliphatic heterocycles. The van der Waals surface area contributed by atoms with E-state index in [2.05, 4.69) is 6.92 Å². The third-order valence-corrected chi connectivity index (χ3v) is 3.80. The summed E-state index contributed by atoms with van der Waals surface area (Å²) < 4.78 is 4.82. The van der Waals surface area contributed by atoms with Crippen LogP contribution in [0.4, 0.5) is 11.4 Å². The molecular weight excluding hydrogens is 286 g/mol. The van der Waals surface area contributed by atoms with Gasteiger partial charge < -0.3 is 9.64 Å². The van der Waals surface area contributed by atoms with Crippen LogP contribution in [0.3, 0.4) is 0 Å². The Balaban J connectivity index is 2.33. The number of nitro benzene ring substituents is 1. The number of piperidine rings is 1. The van der Waals surface area contributed by atoms with E-state index in [0.29, 0.717) is 11.6 Å². The highest BCUT2D eigenvalue weighted by Crippen LogP contribution is 2.29. The van der Waals surface area contributed by atoms with Gasteiger partial charge in [0.2, 0.25) is 0 Å². The first-order chi connectivity index (χ1) is 10.5. The molecule has 1 saturated heterocycles. The molecule has 1 heterocycles. The van der Waals surface area contributed by atoms with Crippen molar-refractivity contribution in [2.45, 2.75) is 19.8 Å². The van der Waals surface area contributed by atoms with Crippen molar-refractivity contribution in [2.75, 3.05) is 24.6 Å². The van der Waals surface area contributed by atoms with Crippen LogP contribution < -0.4 is 4.90 Å². The SMILES string of the molecule is CC1CCN(c2ccc([N+](=O)[O-])cc2C(=O)OCC#N)CC1. The van der Waals surface area contributed by atoms with Crippen LogP contribution in [0.1, 0.15) is 30.1 Å². The first-order valence-corrected chi connectivity index (χ1v) is 7.10. The summed E-state index contributed by atoms with van der Waals surface area (Å²) in [6.07, 6.45) is 2.01. The third-order valence-electron chi connectivity index (χ3n) is 3.80. The quantitative estimate of drug-likeness (QED) is 0.481. The zero-order valence-corrected chi connectivity index (χ0v) is 12.3. The molecule has 0 amide bonds. The predicted octanol–water partition coefficient (Wildman–Crippen LogP) is 2.51. The number of rotatable bonds is 4. The fourth-order valence-electron chi connectivity index (χ4n) is 2.50. The molecular formula is C15H17N3O4. The zero-order valence-electron chi connectivity index (χ0n) is 12.3. The van der Waals surface area contributed by atoms with Gasteiger partial charge in [-0.3, -0.25) is 10.1 Å². The van der Waals surface area contributed by atoms with Gasteiger partial charge in [0.05, 0.1) is 16.2 Å². The molecule has 0 unspecified atom stereocenters. The summed E-state index contributed by atoms with van der Waals surface area (Å²) in [5.41, 5.74) is 0.595. The highest BCUT2D eigenvalue weighted by Gasteiger charge is 2.24. The molecule has 0 aliphatic carbocycles. The number of ether oxygens (including phenoxy) is 1. The van der Waals surface area contributed by atoms with Gasteiger partial charge in [-0.25, -0.2) is 4.79 Å². The molecule has 0 atom stereocenters. The van der Waals surface area contributed by atoms with E-state index in [1.165, 1.54) is 12.1 Å². The topological polar surface area (TPSA) is 96.5 Å². The second-order valence-electron chi connectivity index (χ2n) is 5.36. The molecule has 1 aromatic carbocycles. The number of carbonyl (C=O) groups excluding carboxylic acids is 1. The molecule has 7 heteroatoms. The molecule has 1 aromatic rings. The summed E-state index contributed by atoms with van der Waals surface area (Å²) in [6.45, 7) is 3.38. The molecule has 22 heavy (non-hydrogen) atoms. The maximum Gasteiger partial charge on any atom is 0.341 e. The number of nitro groups is 1. The molecule has 7 nitrogen and oxygen atoms in total. The molecule has 0 aromatic heterocycles. The van der Waals surface area contributed by atoms with Crippen molar-refractivity contribution in [1.29, 1.82) is 5.26 Å². The Bertz CT molecular complexity index is 616. The van der Waals surface area contributed by atoms with E-state index < -0.39 is 10.9 Å². The summed E-state index contributed by atoms with van der Waals surface area (Å²) in [6, 6.07) is 5.90. The second-order valence-corrected chi connectivity index (χ2v) is 5.36. The fraction of sp³-hybridized carbons (Fsp3) is 0.467. The van der Waals surface area contributed by atoms with Gasteiger partial charge in [-0.15, -0.1) is 0 Å². The Hall–Kier alpha value is -2.62. The summed E-state index contributed by atoms with van der Waals surface area (Å²) in [5.74, 6) is -0.0813. The number of benzene rings is 1. The molecule has 116 valence electrons. The third kappa shape index (κ3) is 3.52. The van der Waals surface area contributed by atoms with Crippen molar-refractivity contribution >= 4 is 17.3 Å². The maximum atomic E-state index is 12.1. The number of nitrogens with zero attached hydrogens (tertiary/aromatic N) is 3. The number of esters is 1. The van der Waals surface area contributed by atoms with Gasteiger partial charge in [-0.05, 0) is 24.8 Å². The van der Waals surface area contributed by atoms with Crippen molar-refractivity contribution < 1.29 is 14.5 Å². The largest absolute Gasteiger partial charge is 0.447 e. The summed E-state index contributed by atoms with van der Waals surface area (Å²) >= 11 is 0. The van der Waals surface area contributed by atoms with Crippen molar-refractivity contribution in [3.8, 4) is 6.07 Å². The number of nitriles is 1. The van der Waals surface area contributed by atoms with E-state index >= 15 is 0 Å². The highest BCUT2D eigenvalue weighted by atomic mass is 16.6. The normalized spacial score (nSPS) is 15.2. The minimum absolute atomic E-state index is 0.138. The molecule has 0 radical (unpaired) electrons. The first kappa shape index (κ1) is 15.8. The number of hydrogen-bond acceptors (Lipinski definition) is 6. The van der Waals surface area contributed by atoms with Crippen molar-refractivity contribution in [2.24, 2.45) is 5.92 Å². The summed E-state index contributed by atoms with van der Waals surface area (Å²) in [4.78, 5) is 24.5. The lowest BCUT2D eigenvalue weighted by atomic mass is 9.98. The maximum absolute atomic E-state index is 12.1. The van der Waals surface area contributed by atoms with Crippen LogP contribution >= 0.6 is 0 Å². The summed E-state index contributed by atoms with van der Waals surface area (Å²) in [5, 5.41) is 19.4. The lowest BCUT2D eigenvalue weighted by Gasteiger charge is -2.33. The van der Waals surface area contributed by atoms with Crippen LogP contribution in [0.25, 0.3) is 0 Å². The second kappa shape index (κ2) is 6.89. The van der Waals surface area contributed by atoms with Gasteiger partial charge in [0.25, 0.3) is 5.69 Å². The molecule has 0 bridgehead atoms. The lowest BCUT2D eigenvalue weighted by molar-refractivity contribution is -0.384. The minimum Gasteiger partial charge on any atom is -0.447 e. The smallest absolute Gasteiger partial charge is 0.341 e. The molecule has 1 fully saturated rings. The van der Waals surface area contributed by atoms with E-state index in [4.69, 9.17) is 10.00 Å². The van der Waals surface area contributed by atoms with Crippen molar-refractivity contribution in [3.63, 3.8) is 0 Å². The average Bonchev–Trinajstić information content (AvgIpc) is 2.52. The number of hydrogen-bond donors (Lipinski definition) is 0. The number of non-ortho nitro benzene ring substituents is 1. The Labute approximate surface area is 128 Å². The molecule has 0 spiro atoms. The van der Waals surface area contributed by atoms with E-state index in [1.54, 1.807) is 12.1 Å². The Kier molecular flexibility index (Phi) is 4.94. The predicted molar refractivity (Wildman–Crippen MR) is 79.6 cm³/mol. The first-order valence-electron chi connectivity index (χ1n) is 7.10. The fourth-order valence-corrected chi connectivity index (χ4v) is 2.50. The molecule has 2 rings (SSSR count). The van der Waals surface area contributed by atoms with Gasteiger partial charge in [-0.2, -0.15) is 5.26 Å². The van der Waals surface area contributed by atoms with Gasteiger partial charge in [-0.1, -0.05) is 6.92 Å². The summed E-state index contributed by atoms with van der Waals surface area (Å²) in [7, 11) is 0. The van der Waals surface area contributed by atoms with Crippen LogP contribution in [-0.2, 0) is 4.74 Å². The monoisotopic (exact) mass is 303 g/mol. The Morgan fingerprint density at radius 1 is 1.50 bits per heavy atom. The van der Waals surface area contributed by atoms with E-state index in [-0.39, 0.29) is 17.9 Å². The Morgan fingerprint density at radius 3 is 2.77 bits per heavy atom. The van der Waals surface area contributed by atoms with Crippen molar-refractivity contribution in [3.05, 3.63) is 33.9 Å². The van der Waals surface area contributed by atoms with Gasteiger partial charge in [0.1, 0.15) is 6.07 Å². The van der Waals surface area contributed by atoms with Gasteiger partial charge in [0.15, 0.2) is 6.61 Å². The molecule has 0 N–H and O–H groups in total. The molecule has 0 saturated carbocycles. The minimum atomic E-state index is -0.709. The van der Waals surface area contributed by atoms with Gasteiger partial charge >= 0.3 is 5.97 Å². The Morgan fingerprint density at radius 2 is 2.18 bits per heavy atom. The zero-order chi connectivity index (χ0) is 16.1. The van der Waals surface area contributed by atoms with Crippen LogP contribution in [-0.4, -0.2) is 30.6 Å².